The summed E-state index contributed by atoms with van der Waals surface area (Å²) in [5.41, 5.74) is -5.55. The van der Waals surface area contributed by atoms with Crippen LogP contribution in [-0.4, -0.2) is 62.7 Å². The number of rotatable bonds is 10. The van der Waals surface area contributed by atoms with Gasteiger partial charge < -0.3 is 10.4 Å². The van der Waals surface area contributed by atoms with Crippen molar-refractivity contribution in [2.24, 2.45) is 0 Å². The zero-order valence-corrected chi connectivity index (χ0v) is 12.8. The fraction of sp³-hybridized carbons (Fsp3) is 1.00. The molecule has 0 aromatic carbocycles. The minimum atomic E-state index is -6.24. The predicted octanol–water partition coefficient (Wildman–Crippen LogP) is 1.99. The van der Waals surface area contributed by atoms with E-state index in [1.807, 2.05) is 0 Å². The molecule has 2 N–H and O–H groups in total. The first kappa shape index (κ1) is 22.4. The van der Waals surface area contributed by atoms with Crippen molar-refractivity contribution in [1.29, 1.82) is 0 Å². The quantitative estimate of drug-likeness (QED) is 0.451. The summed E-state index contributed by atoms with van der Waals surface area (Å²) in [6, 6.07) is 0. The van der Waals surface area contributed by atoms with Crippen LogP contribution in [0.25, 0.3) is 0 Å². The molecule has 0 aliphatic carbocycles. The molecule has 0 rings (SSSR count). The number of nitrogens with one attached hydrogen (secondary N) is 1. The second-order valence-electron chi connectivity index (χ2n) is 4.88. The van der Waals surface area contributed by atoms with Crippen molar-refractivity contribution in [3.63, 3.8) is 0 Å². The number of sulfone groups is 1. The highest BCUT2D eigenvalue weighted by atomic mass is 32.2. The van der Waals surface area contributed by atoms with Crippen molar-refractivity contribution in [2.75, 3.05) is 31.2 Å². The van der Waals surface area contributed by atoms with E-state index in [4.69, 9.17) is 5.11 Å². The lowest BCUT2D eigenvalue weighted by atomic mass is 10.0. The summed E-state index contributed by atoms with van der Waals surface area (Å²) >= 11 is 0. The molecular weight excluding hydrogens is 359 g/mol. The fourth-order valence-corrected chi connectivity index (χ4v) is 3.06. The van der Waals surface area contributed by atoms with Crippen LogP contribution in [0.5, 0.6) is 0 Å². The monoisotopic (exact) mass is 377 g/mol. The average Bonchev–Trinajstić information content (AvgIpc) is 2.37. The van der Waals surface area contributed by atoms with Gasteiger partial charge >= 0.3 is 12.4 Å². The average molecular weight is 377 g/mol. The zero-order valence-electron chi connectivity index (χ0n) is 12.0. The third-order valence-corrected chi connectivity index (χ3v) is 4.74. The molecule has 0 aromatic heterocycles. The van der Waals surface area contributed by atoms with E-state index in [2.05, 4.69) is 5.32 Å². The SMILES string of the molecule is O=S(=O)(CCCCNCCO)CCC(F)(C(F)(F)F)C(F)(F)F. The third kappa shape index (κ3) is 7.21. The van der Waals surface area contributed by atoms with Gasteiger partial charge in [0.2, 0.25) is 0 Å². The Labute approximate surface area is 129 Å². The van der Waals surface area contributed by atoms with Crippen molar-refractivity contribution in [2.45, 2.75) is 37.3 Å². The fourth-order valence-electron chi connectivity index (χ4n) is 1.62. The molecule has 0 saturated carbocycles. The van der Waals surface area contributed by atoms with Crippen molar-refractivity contribution < 1.29 is 44.3 Å². The molecule has 4 nitrogen and oxygen atoms in total. The lowest BCUT2D eigenvalue weighted by Gasteiger charge is -2.29. The molecule has 0 heterocycles. The summed E-state index contributed by atoms with van der Waals surface area (Å²) in [6.07, 6.45) is -14.4. The second-order valence-corrected chi connectivity index (χ2v) is 7.18. The van der Waals surface area contributed by atoms with Gasteiger partial charge in [-0.25, -0.2) is 12.8 Å². The van der Waals surface area contributed by atoms with Gasteiger partial charge in [-0.3, -0.25) is 0 Å². The van der Waals surface area contributed by atoms with E-state index in [-0.39, 0.29) is 19.6 Å². The van der Waals surface area contributed by atoms with Gasteiger partial charge in [0.25, 0.3) is 5.67 Å². The lowest BCUT2D eigenvalue weighted by molar-refractivity contribution is -0.341. The van der Waals surface area contributed by atoms with Gasteiger partial charge in [0.05, 0.1) is 18.1 Å². The molecule has 0 atom stereocenters. The van der Waals surface area contributed by atoms with E-state index in [1.54, 1.807) is 0 Å². The van der Waals surface area contributed by atoms with Crippen LogP contribution in [0.4, 0.5) is 30.7 Å². The molecule has 0 radical (unpaired) electrons. The molecule has 140 valence electrons. The Kier molecular flexibility index (Phi) is 8.24. The highest BCUT2D eigenvalue weighted by Gasteiger charge is 2.72. The maximum absolute atomic E-state index is 13.3. The first-order chi connectivity index (χ1) is 10.3. The van der Waals surface area contributed by atoms with Crippen LogP contribution in [0.15, 0.2) is 0 Å². The minimum absolute atomic E-state index is 0.00190. The summed E-state index contributed by atoms with van der Waals surface area (Å²) in [6.45, 7) is 0.467. The number of aliphatic hydroxyl groups excluding tert-OH is 1. The second kappa shape index (κ2) is 8.47. The minimum Gasteiger partial charge on any atom is -0.395 e. The molecule has 0 unspecified atom stereocenters. The van der Waals surface area contributed by atoms with Crippen LogP contribution >= 0.6 is 0 Å². The highest BCUT2D eigenvalue weighted by molar-refractivity contribution is 7.91. The molecule has 12 heteroatoms. The van der Waals surface area contributed by atoms with E-state index in [0.717, 1.165) is 0 Å². The van der Waals surface area contributed by atoms with Crippen LogP contribution in [0.3, 0.4) is 0 Å². The Morgan fingerprint density at radius 2 is 1.35 bits per heavy atom. The van der Waals surface area contributed by atoms with E-state index in [0.29, 0.717) is 13.0 Å². The Balaban J connectivity index is 4.55. The largest absolute Gasteiger partial charge is 0.431 e. The van der Waals surface area contributed by atoms with Gasteiger partial charge in [-0.15, -0.1) is 0 Å². The van der Waals surface area contributed by atoms with E-state index >= 15 is 0 Å². The Bertz CT molecular complexity index is 434. The van der Waals surface area contributed by atoms with Crippen LogP contribution < -0.4 is 5.32 Å². The maximum Gasteiger partial charge on any atom is 0.431 e. The molecule has 0 saturated heterocycles. The summed E-state index contributed by atoms with van der Waals surface area (Å²) in [5, 5.41) is 11.2. The van der Waals surface area contributed by atoms with Crippen molar-refractivity contribution in [3.8, 4) is 0 Å². The highest BCUT2D eigenvalue weighted by Crippen LogP contribution is 2.48. The standard InChI is InChI=1S/C11H18F7NO3S/c12-9(10(13,14)15,11(16,17)18)3-8-23(21,22)7-2-1-4-19-5-6-20/h19-20H,1-8H2. The first-order valence-corrected chi connectivity index (χ1v) is 8.43. The number of halogens is 7. The van der Waals surface area contributed by atoms with Crippen molar-refractivity contribution in [3.05, 3.63) is 0 Å². The van der Waals surface area contributed by atoms with E-state index in [1.165, 1.54) is 0 Å². The van der Waals surface area contributed by atoms with Gasteiger partial charge in [0.1, 0.15) is 9.84 Å². The number of hydrogen-bond donors (Lipinski definition) is 2. The molecule has 0 bridgehead atoms. The molecule has 0 amide bonds. The molecule has 23 heavy (non-hydrogen) atoms. The summed E-state index contributed by atoms with van der Waals surface area (Å²) in [4.78, 5) is 0. The van der Waals surface area contributed by atoms with Gasteiger partial charge in [-0.2, -0.15) is 26.3 Å². The van der Waals surface area contributed by atoms with E-state index < -0.39 is 45.8 Å². The predicted molar refractivity (Wildman–Crippen MR) is 68.4 cm³/mol. The normalized spacial score (nSPS) is 14.3. The first-order valence-electron chi connectivity index (χ1n) is 6.61. The molecule has 0 fully saturated rings. The van der Waals surface area contributed by atoms with Crippen molar-refractivity contribution in [1.82, 2.24) is 5.32 Å². The van der Waals surface area contributed by atoms with Crippen LogP contribution in [-0.2, 0) is 9.84 Å². The number of hydrogen-bond acceptors (Lipinski definition) is 4. The third-order valence-electron chi connectivity index (χ3n) is 3.00. The van der Waals surface area contributed by atoms with Crippen LogP contribution in [0, 0.1) is 0 Å². The number of alkyl halides is 7. The number of aliphatic hydroxyl groups is 1. The number of unbranched alkanes of at least 4 members (excludes halogenated alkanes) is 1. The topological polar surface area (TPSA) is 66.4 Å². The molecule has 0 aromatic rings. The van der Waals surface area contributed by atoms with E-state index in [9.17, 15) is 39.2 Å². The maximum atomic E-state index is 13.3. The molecule has 0 spiro atoms. The Hall–Kier alpha value is -0.620. The Morgan fingerprint density at radius 1 is 0.826 bits per heavy atom. The van der Waals surface area contributed by atoms with Crippen LogP contribution in [0.1, 0.15) is 19.3 Å². The lowest BCUT2D eigenvalue weighted by Crippen LogP contribution is -2.54. The molecule has 0 aliphatic heterocycles. The summed E-state index contributed by atoms with van der Waals surface area (Å²) in [5.74, 6) is -2.19. The zero-order chi connectivity index (χ0) is 18.4. The van der Waals surface area contributed by atoms with Gasteiger partial charge in [0.15, 0.2) is 0 Å². The molecule has 0 aliphatic rings. The van der Waals surface area contributed by atoms with Crippen molar-refractivity contribution >= 4 is 9.84 Å². The van der Waals surface area contributed by atoms with Gasteiger partial charge in [0, 0.05) is 13.0 Å². The smallest absolute Gasteiger partial charge is 0.395 e. The van der Waals surface area contributed by atoms with Gasteiger partial charge in [-0.05, 0) is 19.4 Å². The Morgan fingerprint density at radius 3 is 1.78 bits per heavy atom. The van der Waals surface area contributed by atoms with Crippen LogP contribution in [0.2, 0.25) is 0 Å². The summed E-state index contributed by atoms with van der Waals surface area (Å²) < 4.78 is 110. The summed E-state index contributed by atoms with van der Waals surface area (Å²) in [7, 11) is -4.25. The van der Waals surface area contributed by atoms with Gasteiger partial charge in [-0.1, -0.05) is 0 Å². The molecular formula is C11H18F7NO3S.